The van der Waals surface area contributed by atoms with E-state index in [0.717, 1.165) is 25.7 Å². The summed E-state index contributed by atoms with van der Waals surface area (Å²) in [5.74, 6) is 0. The zero-order valence-electron chi connectivity index (χ0n) is 6.95. The summed E-state index contributed by atoms with van der Waals surface area (Å²) < 4.78 is 0. The van der Waals surface area contributed by atoms with Gasteiger partial charge in [0, 0.05) is 6.20 Å². The molecule has 1 aromatic rings. The van der Waals surface area contributed by atoms with Gasteiger partial charge in [0.2, 0.25) is 0 Å². The van der Waals surface area contributed by atoms with Crippen molar-refractivity contribution in [1.82, 2.24) is 15.4 Å². The first kappa shape index (κ1) is 7.73. The van der Waals surface area contributed by atoms with Gasteiger partial charge in [0.1, 0.15) is 11.3 Å². The van der Waals surface area contributed by atoms with E-state index in [1.807, 2.05) is 0 Å². The van der Waals surface area contributed by atoms with Crippen LogP contribution in [0.1, 0.15) is 37.8 Å². The lowest BCUT2D eigenvalue weighted by Gasteiger charge is -2.29. The highest BCUT2D eigenvalue weighted by Crippen LogP contribution is 2.35. The molecule has 0 aliphatic heterocycles. The summed E-state index contributed by atoms with van der Waals surface area (Å²) in [7, 11) is 0. The van der Waals surface area contributed by atoms with E-state index in [2.05, 4.69) is 15.4 Å². The predicted octanol–water partition coefficient (Wildman–Crippen LogP) is 0.956. The Morgan fingerprint density at radius 2 is 2.08 bits per heavy atom. The second kappa shape index (κ2) is 2.86. The van der Waals surface area contributed by atoms with Crippen molar-refractivity contribution in [3.63, 3.8) is 0 Å². The third kappa shape index (κ3) is 1.22. The van der Waals surface area contributed by atoms with Crippen LogP contribution in [-0.2, 0) is 5.60 Å². The van der Waals surface area contributed by atoms with Gasteiger partial charge in [0.15, 0.2) is 0 Å². The monoisotopic (exact) mass is 167 g/mol. The normalized spacial score (nSPS) is 22.4. The topological polar surface area (TPSA) is 61.8 Å². The van der Waals surface area contributed by atoms with Gasteiger partial charge in [-0.25, -0.2) is 0 Å². The Bertz CT molecular complexity index is 239. The zero-order valence-corrected chi connectivity index (χ0v) is 6.95. The Hall–Kier alpha value is -0.900. The minimum atomic E-state index is -0.703. The van der Waals surface area contributed by atoms with Crippen LogP contribution in [0.2, 0.25) is 0 Å². The highest BCUT2D eigenvalue weighted by molar-refractivity contribution is 5.06. The van der Waals surface area contributed by atoms with Crippen molar-refractivity contribution in [2.75, 3.05) is 0 Å². The summed E-state index contributed by atoms with van der Waals surface area (Å²) in [6.07, 6.45) is 6.72. The van der Waals surface area contributed by atoms with Crippen molar-refractivity contribution in [3.05, 3.63) is 11.9 Å². The summed E-state index contributed by atoms with van der Waals surface area (Å²) >= 11 is 0. The average molecular weight is 167 g/mol. The molecule has 1 aliphatic rings. The van der Waals surface area contributed by atoms with Crippen LogP contribution < -0.4 is 0 Å². The summed E-state index contributed by atoms with van der Waals surface area (Å²) in [5, 5.41) is 20.2. The molecule has 12 heavy (non-hydrogen) atoms. The Labute approximate surface area is 71.0 Å². The van der Waals surface area contributed by atoms with Gasteiger partial charge >= 0.3 is 0 Å². The van der Waals surface area contributed by atoms with Crippen LogP contribution >= 0.6 is 0 Å². The lowest BCUT2D eigenvalue weighted by molar-refractivity contribution is -0.00470. The number of aromatic nitrogens is 3. The molecule has 4 heteroatoms. The van der Waals surface area contributed by atoms with Crippen molar-refractivity contribution in [2.24, 2.45) is 0 Å². The van der Waals surface area contributed by atoms with Crippen molar-refractivity contribution in [3.8, 4) is 0 Å². The zero-order chi connectivity index (χ0) is 8.44. The molecule has 0 atom stereocenters. The molecule has 1 aromatic heterocycles. The van der Waals surface area contributed by atoms with Crippen molar-refractivity contribution < 1.29 is 5.11 Å². The molecule has 66 valence electrons. The fourth-order valence-electron chi connectivity index (χ4n) is 1.82. The largest absolute Gasteiger partial charge is 0.383 e. The first-order chi connectivity index (χ1) is 5.81. The Morgan fingerprint density at radius 3 is 2.67 bits per heavy atom. The molecule has 0 aromatic carbocycles. The number of rotatable bonds is 1. The number of H-pyrrole nitrogens is 1. The number of aromatic amines is 1. The van der Waals surface area contributed by atoms with Gasteiger partial charge in [0.05, 0.1) is 0 Å². The highest BCUT2D eigenvalue weighted by atomic mass is 16.3. The van der Waals surface area contributed by atoms with E-state index in [1.54, 1.807) is 6.20 Å². The molecule has 1 fully saturated rings. The predicted molar refractivity (Wildman–Crippen MR) is 43.4 cm³/mol. The van der Waals surface area contributed by atoms with Crippen LogP contribution in [0, 0.1) is 0 Å². The van der Waals surface area contributed by atoms with Gasteiger partial charge in [-0.3, -0.25) is 5.10 Å². The van der Waals surface area contributed by atoms with Gasteiger partial charge in [-0.05, 0) is 12.8 Å². The molecule has 1 heterocycles. The third-order valence-electron chi connectivity index (χ3n) is 2.57. The average Bonchev–Trinajstić information content (AvgIpc) is 2.58. The maximum absolute atomic E-state index is 10.1. The van der Waals surface area contributed by atoms with E-state index in [0.29, 0.717) is 5.69 Å². The third-order valence-corrected chi connectivity index (χ3v) is 2.57. The molecular weight excluding hydrogens is 154 g/mol. The molecule has 0 saturated heterocycles. The number of nitrogens with zero attached hydrogens (tertiary/aromatic N) is 2. The van der Waals surface area contributed by atoms with E-state index in [-0.39, 0.29) is 0 Å². The quantitative estimate of drug-likeness (QED) is 0.654. The van der Waals surface area contributed by atoms with Crippen LogP contribution in [0.4, 0.5) is 0 Å². The van der Waals surface area contributed by atoms with E-state index < -0.39 is 5.60 Å². The SMILES string of the molecule is OC1(c2c[nH]nn2)CCCCC1. The Balaban J connectivity index is 2.19. The molecule has 0 unspecified atom stereocenters. The van der Waals surface area contributed by atoms with Gasteiger partial charge in [-0.1, -0.05) is 24.5 Å². The summed E-state index contributed by atoms with van der Waals surface area (Å²) in [6, 6.07) is 0. The van der Waals surface area contributed by atoms with Crippen LogP contribution in [0.15, 0.2) is 6.20 Å². The smallest absolute Gasteiger partial charge is 0.114 e. The number of aliphatic hydroxyl groups is 1. The molecule has 0 spiro atoms. The van der Waals surface area contributed by atoms with E-state index in [4.69, 9.17) is 0 Å². The van der Waals surface area contributed by atoms with Gasteiger partial charge in [-0.2, -0.15) is 0 Å². The number of hydrogen-bond donors (Lipinski definition) is 2. The second-order valence-corrected chi connectivity index (χ2v) is 3.45. The summed E-state index contributed by atoms with van der Waals surface area (Å²) in [6.45, 7) is 0. The summed E-state index contributed by atoms with van der Waals surface area (Å²) in [5.41, 5.74) is -0.00664. The molecule has 0 amide bonds. The van der Waals surface area contributed by atoms with Gasteiger partial charge in [0.25, 0.3) is 0 Å². The minimum Gasteiger partial charge on any atom is -0.383 e. The minimum absolute atomic E-state index is 0.696. The maximum atomic E-state index is 10.1. The molecular formula is C8H13N3O. The van der Waals surface area contributed by atoms with Crippen molar-refractivity contribution in [2.45, 2.75) is 37.7 Å². The fraction of sp³-hybridized carbons (Fsp3) is 0.750. The Morgan fingerprint density at radius 1 is 1.33 bits per heavy atom. The summed E-state index contributed by atoms with van der Waals surface area (Å²) in [4.78, 5) is 0. The van der Waals surface area contributed by atoms with Crippen LogP contribution in [0.5, 0.6) is 0 Å². The van der Waals surface area contributed by atoms with Gasteiger partial charge < -0.3 is 5.11 Å². The molecule has 2 N–H and O–H groups in total. The van der Waals surface area contributed by atoms with Crippen LogP contribution in [0.25, 0.3) is 0 Å². The molecule has 1 aliphatic carbocycles. The van der Waals surface area contributed by atoms with Crippen LogP contribution in [-0.4, -0.2) is 20.5 Å². The highest BCUT2D eigenvalue weighted by Gasteiger charge is 2.33. The first-order valence-electron chi connectivity index (χ1n) is 4.41. The van der Waals surface area contributed by atoms with E-state index >= 15 is 0 Å². The number of nitrogens with one attached hydrogen (secondary N) is 1. The lowest BCUT2D eigenvalue weighted by Crippen LogP contribution is -2.28. The lowest BCUT2D eigenvalue weighted by atomic mass is 9.83. The molecule has 0 radical (unpaired) electrons. The fourth-order valence-corrected chi connectivity index (χ4v) is 1.82. The molecule has 2 rings (SSSR count). The maximum Gasteiger partial charge on any atom is 0.114 e. The first-order valence-corrected chi connectivity index (χ1v) is 4.41. The Kier molecular flexibility index (Phi) is 1.84. The second-order valence-electron chi connectivity index (χ2n) is 3.45. The number of hydrogen-bond acceptors (Lipinski definition) is 3. The standard InChI is InChI=1S/C8H13N3O/c12-8(4-2-1-3-5-8)7-6-9-11-10-7/h6,12H,1-5H2,(H,9,10,11). The van der Waals surface area contributed by atoms with Crippen LogP contribution in [0.3, 0.4) is 0 Å². The van der Waals surface area contributed by atoms with E-state index in [1.165, 1.54) is 6.42 Å². The molecule has 4 nitrogen and oxygen atoms in total. The van der Waals surface area contributed by atoms with Gasteiger partial charge in [-0.15, -0.1) is 5.10 Å². The molecule has 0 bridgehead atoms. The molecule has 1 saturated carbocycles. The van der Waals surface area contributed by atoms with Crippen molar-refractivity contribution in [1.29, 1.82) is 0 Å². The van der Waals surface area contributed by atoms with E-state index in [9.17, 15) is 5.11 Å². The van der Waals surface area contributed by atoms with Crippen molar-refractivity contribution >= 4 is 0 Å².